The van der Waals surface area contributed by atoms with Crippen molar-refractivity contribution in [2.24, 2.45) is 0 Å². The smallest absolute Gasteiger partial charge is 0.128 e. The highest BCUT2D eigenvalue weighted by atomic mass is 35.5. The average Bonchev–Trinajstić information content (AvgIpc) is 3.11. The molecule has 2 fully saturated rings. The van der Waals surface area contributed by atoms with Crippen LogP contribution < -0.4 is 10.1 Å². The first-order chi connectivity index (χ1) is 10.2. The lowest BCUT2D eigenvalue weighted by Gasteiger charge is -2.43. The van der Waals surface area contributed by atoms with E-state index in [9.17, 15) is 0 Å². The van der Waals surface area contributed by atoms with E-state index in [2.05, 4.69) is 23.2 Å². The fraction of sp³-hybridized carbons (Fsp3) is 0.647. The first-order valence-electron chi connectivity index (χ1n) is 8.11. The van der Waals surface area contributed by atoms with Gasteiger partial charge < -0.3 is 10.1 Å². The van der Waals surface area contributed by atoms with Crippen molar-refractivity contribution >= 4 is 11.6 Å². The molecule has 0 radical (unpaired) electrons. The van der Waals surface area contributed by atoms with Crippen LogP contribution in [0.3, 0.4) is 0 Å². The van der Waals surface area contributed by atoms with Crippen LogP contribution in [0, 0.1) is 6.92 Å². The molecule has 21 heavy (non-hydrogen) atoms. The Bertz CT molecular complexity index is 548. The number of hydrogen-bond donors (Lipinski definition) is 1. The highest BCUT2D eigenvalue weighted by Gasteiger charge is 2.45. The molecule has 0 amide bonds. The summed E-state index contributed by atoms with van der Waals surface area (Å²) in [7, 11) is 0. The topological polar surface area (TPSA) is 24.5 Å². The molecular weight excluding hydrogens is 284 g/mol. The van der Waals surface area contributed by atoms with Crippen LogP contribution in [0.4, 0.5) is 0 Å². The highest BCUT2D eigenvalue weighted by molar-refractivity contribution is 6.30. The van der Waals surface area contributed by atoms with E-state index in [4.69, 9.17) is 16.3 Å². The van der Waals surface area contributed by atoms with E-state index in [-0.39, 0.29) is 5.60 Å². The molecule has 1 aromatic rings. The summed E-state index contributed by atoms with van der Waals surface area (Å²) >= 11 is 6.32. The maximum Gasteiger partial charge on any atom is 0.128 e. The Morgan fingerprint density at radius 3 is 2.86 bits per heavy atom. The molecule has 1 spiro atoms. The van der Waals surface area contributed by atoms with Gasteiger partial charge in [-0.2, -0.15) is 0 Å². The number of likely N-dealkylation sites (tertiary alicyclic amines) is 1. The predicted octanol–water partition coefficient (Wildman–Crippen LogP) is 3.30. The summed E-state index contributed by atoms with van der Waals surface area (Å²) in [6, 6.07) is 4.62. The molecule has 4 heteroatoms. The SMILES string of the molecule is Cc1cc(Cl)cc2c1OC1(CCNC1)CC2N1CCCC1. The summed E-state index contributed by atoms with van der Waals surface area (Å²) in [6.45, 7) is 6.57. The number of nitrogens with one attached hydrogen (secondary N) is 1. The molecule has 1 N–H and O–H groups in total. The molecule has 4 rings (SSSR count). The predicted molar refractivity (Wildman–Crippen MR) is 85.2 cm³/mol. The molecule has 114 valence electrons. The molecule has 0 bridgehead atoms. The van der Waals surface area contributed by atoms with Crippen LogP contribution in [0.1, 0.15) is 42.9 Å². The quantitative estimate of drug-likeness (QED) is 0.861. The van der Waals surface area contributed by atoms with Crippen molar-refractivity contribution in [1.29, 1.82) is 0 Å². The van der Waals surface area contributed by atoms with Crippen molar-refractivity contribution in [3.63, 3.8) is 0 Å². The van der Waals surface area contributed by atoms with Gasteiger partial charge in [0.2, 0.25) is 0 Å². The second kappa shape index (κ2) is 5.15. The monoisotopic (exact) mass is 306 g/mol. The summed E-state index contributed by atoms with van der Waals surface area (Å²) in [6.07, 6.45) is 4.83. The fourth-order valence-corrected chi connectivity index (χ4v) is 4.51. The Labute approximate surface area is 131 Å². The third-order valence-corrected chi connectivity index (χ3v) is 5.52. The van der Waals surface area contributed by atoms with Crippen LogP contribution in [-0.2, 0) is 0 Å². The first kappa shape index (κ1) is 13.9. The number of hydrogen-bond acceptors (Lipinski definition) is 3. The van der Waals surface area contributed by atoms with Crippen molar-refractivity contribution in [3.05, 3.63) is 28.3 Å². The molecule has 0 aromatic heterocycles. The Balaban J connectivity index is 1.78. The highest BCUT2D eigenvalue weighted by Crippen LogP contribution is 2.47. The molecule has 1 aromatic carbocycles. The van der Waals surface area contributed by atoms with Gasteiger partial charge in [0.25, 0.3) is 0 Å². The maximum absolute atomic E-state index is 6.51. The molecule has 0 saturated carbocycles. The average molecular weight is 307 g/mol. The van der Waals surface area contributed by atoms with Crippen LogP contribution in [0.25, 0.3) is 0 Å². The van der Waals surface area contributed by atoms with E-state index in [1.54, 1.807) is 0 Å². The number of halogens is 1. The lowest BCUT2D eigenvalue weighted by molar-refractivity contribution is 0.0221. The number of rotatable bonds is 1. The molecule has 2 unspecified atom stereocenters. The molecule has 3 heterocycles. The molecule has 3 nitrogen and oxygen atoms in total. The maximum atomic E-state index is 6.51. The van der Waals surface area contributed by atoms with Gasteiger partial charge in [-0.3, -0.25) is 4.90 Å². The largest absolute Gasteiger partial charge is 0.485 e. The molecule has 0 aliphatic carbocycles. The van der Waals surface area contributed by atoms with E-state index < -0.39 is 0 Å². The second-order valence-corrected chi connectivity index (χ2v) is 7.25. The number of ether oxygens (including phenoxy) is 1. The van der Waals surface area contributed by atoms with Crippen LogP contribution in [0.15, 0.2) is 12.1 Å². The van der Waals surface area contributed by atoms with Crippen molar-refractivity contribution in [1.82, 2.24) is 10.2 Å². The summed E-state index contributed by atoms with van der Waals surface area (Å²) < 4.78 is 6.51. The van der Waals surface area contributed by atoms with Gasteiger partial charge in [0.05, 0.1) is 0 Å². The second-order valence-electron chi connectivity index (χ2n) is 6.82. The number of nitrogens with zero attached hydrogens (tertiary/aromatic N) is 1. The van der Waals surface area contributed by atoms with Crippen LogP contribution in [0.5, 0.6) is 5.75 Å². The van der Waals surface area contributed by atoms with Gasteiger partial charge in [-0.05, 0) is 57.1 Å². The zero-order valence-corrected chi connectivity index (χ0v) is 13.4. The first-order valence-corrected chi connectivity index (χ1v) is 8.49. The summed E-state index contributed by atoms with van der Waals surface area (Å²) in [5, 5.41) is 4.32. The zero-order chi connectivity index (χ0) is 14.4. The fourth-order valence-electron chi connectivity index (χ4n) is 4.22. The minimum Gasteiger partial charge on any atom is -0.485 e. The Kier molecular flexibility index (Phi) is 3.40. The number of benzene rings is 1. The molecule has 3 aliphatic heterocycles. The summed E-state index contributed by atoms with van der Waals surface area (Å²) in [5.41, 5.74) is 2.46. The molecular formula is C17H23ClN2O. The van der Waals surface area contributed by atoms with Gasteiger partial charge in [0.1, 0.15) is 11.4 Å². The van der Waals surface area contributed by atoms with E-state index in [1.807, 2.05) is 6.07 Å². The molecule has 2 saturated heterocycles. The molecule has 3 aliphatic rings. The number of fused-ring (bicyclic) bond motifs is 1. The van der Waals surface area contributed by atoms with Crippen molar-refractivity contribution in [2.45, 2.75) is 44.2 Å². The molecule has 2 atom stereocenters. The third kappa shape index (κ3) is 2.36. The van der Waals surface area contributed by atoms with Crippen molar-refractivity contribution < 1.29 is 4.74 Å². The van der Waals surface area contributed by atoms with Gasteiger partial charge in [-0.25, -0.2) is 0 Å². The minimum atomic E-state index is -0.0150. The normalized spacial score (nSPS) is 32.4. The van der Waals surface area contributed by atoms with Gasteiger partial charge in [-0.1, -0.05) is 11.6 Å². The summed E-state index contributed by atoms with van der Waals surface area (Å²) in [5.74, 6) is 1.09. The Hall–Kier alpha value is -0.770. The van der Waals surface area contributed by atoms with E-state index in [0.717, 1.165) is 36.7 Å². The van der Waals surface area contributed by atoms with Crippen molar-refractivity contribution in [2.75, 3.05) is 26.2 Å². The zero-order valence-electron chi connectivity index (χ0n) is 12.6. The van der Waals surface area contributed by atoms with Crippen LogP contribution in [0.2, 0.25) is 5.02 Å². The van der Waals surface area contributed by atoms with Crippen LogP contribution >= 0.6 is 11.6 Å². The van der Waals surface area contributed by atoms with E-state index in [1.165, 1.54) is 37.1 Å². The third-order valence-electron chi connectivity index (χ3n) is 5.30. The van der Waals surface area contributed by atoms with Gasteiger partial charge in [0.15, 0.2) is 0 Å². The van der Waals surface area contributed by atoms with Gasteiger partial charge >= 0.3 is 0 Å². The number of aryl methyl sites for hydroxylation is 1. The Morgan fingerprint density at radius 2 is 2.14 bits per heavy atom. The van der Waals surface area contributed by atoms with E-state index in [0.29, 0.717) is 6.04 Å². The standard InChI is InChI=1S/C17H23ClN2O/c1-12-8-13(18)9-14-15(20-6-2-3-7-20)10-17(21-16(12)14)4-5-19-11-17/h8-9,15,19H,2-7,10-11H2,1H3. The Morgan fingerprint density at radius 1 is 1.33 bits per heavy atom. The lowest BCUT2D eigenvalue weighted by atomic mass is 9.85. The van der Waals surface area contributed by atoms with Crippen molar-refractivity contribution in [3.8, 4) is 5.75 Å². The lowest BCUT2D eigenvalue weighted by Crippen LogP contribution is -2.46. The van der Waals surface area contributed by atoms with E-state index >= 15 is 0 Å². The van der Waals surface area contributed by atoms with Crippen LogP contribution in [-0.4, -0.2) is 36.7 Å². The summed E-state index contributed by atoms with van der Waals surface area (Å²) in [4.78, 5) is 2.64. The van der Waals surface area contributed by atoms with Gasteiger partial charge in [-0.15, -0.1) is 0 Å². The minimum absolute atomic E-state index is 0.0150. The van der Waals surface area contributed by atoms with Gasteiger partial charge in [0, 0.05) is 36.0 Å².